The van der Waals surface area contributed by atoms with E-state index in [0.29, 0.717) is 12.1 Å². The lowest BCUT2D eigenvalue weighted by Gasteiger charge is -2.11. The van der Waals surface area contributed by atoms with Gasteiger partial charge in [0.1, 0.15) is 0 Å². The van der Waals surface area contributed by atoms with Crippen molar-refractivity contribution in [2.75, 3.05) is 5.32 Å². The fourth-order valence-corrected chi connectivity index (χ4v) is 2.26. The van der Waals surface area contributed by atoms with Crippen LogP contribution in [-0.2, 0) is 6.54 Å². The molecule has 2 rings (SSSR count). The lowest BCUT2D eigenvalue weighted by Crippen LogP contribution is -2.07. The second kappa shape index (κ2) is 5.89. The number of nitrogens with one attached hydrogen (secondary N) is 1. The highest BCUT2D eigenvalue weighted by Gasteiger charge is 2.09. The zero-order chi connectivity index (χ0) is 13.8. The van der Waals surface area contributed by atoms with E-state index in [1.165, 1.54) is 0 Å². The van der Waals surface area contributed by atoms with Gasteiger partial charge in [-0.1, -0.05) is 30.3 Å². The van der Waals surface area contributed by atoms with Crippen LogP contribution in [0.5, 0.6) is 0 Å². The smallest absolute Gasteiger partial charge is 0.336 e. The summed E-state index contributed by atoms with van der Waals surface area (Å²) in [5, 5.41) is 12.4. The molecule has 0 aliphatic rings. The van der Waals surface area contributed by atoms with Crippen LogP contribution in [0.2, 0.25) is 0 Å². The first-order valence-corrected chi connectivity index (χ1v) is 6.69. The molecule has 0 aliphatic carbocycles. The standard InChI is InChI=1S/C15H14BrNO2/c1-10-5-4-8-13(14(10)16)17-9-11-6-2-3-7-12(11)15(18)19/h2-8,17H,9H2,1H3,(H,18,19). The van der Waals surface area contributed by atoms with Crippen LogP contribution in [0.25, 0.3) is 0 Å². The summed E-state index contributed by atoms with van der Waals surface area (Å²) in [6.45, 7) is 2.49. The molecule has 2 aromatic rings. The first-order chi connectivity index (χ1) is 9.09. The summed E-state index contributed by atoms with van der Waals surface area (Å²) in [7, 11) is 0. The molecule has 2 aromatic carbocycles. The van der Waals surface area contributed by atoms with Gasteiger partial charge in [0.2, 0.25) is 0 Å². The zero-order valence-electron chi connectivity index (χ0n) is 10.5. The maximum absolute atomic E-state index is 11.1. The molecule has 0 fully saturated rings. The predicted octanol–water partition coefficient (Wildman–Crippen LogP) is 4.07. The van der Waals surface area contributed by atoms with Crippen molar-refractivity contribution in [3.8, 4) is 0 Å². The van der Waals surface area contributed by atoms with Crippen LogP contribution in [0.1, 0.15) is 21.5 Å². The van der Waals surface area contributed by atoms with Crippen molar-refractivity contribution in [2.45, 2.75) is 13.5 Å². The Bertz CT molecular complexity index is 611. The van der Waals surface area contributed by atoms with Crippen LogP contribution in [0.4, 0.5) is 5.69 Å². The molecule has 0 atom stereocenters. The Labute approximate surface area is 120 Å². The minimum absolute atomic E-state index is 0.332. The van der Waals surface area contributed by atoms with E-state index in [1.807, 2.05) is 37.3 Å². The van der Waals surface area contributed by atoms with Crippen molar-refractivity contribution in [1.82, 2.24) is 0 Å². The van der Waals surface area contributed by atoms with Gasteiger partial charge in [0.25, 0.3) is 0 Å². The molecule has 0 amide bonds. The summed E-state index contributed by atoms with van der Waals surface area (Å²) in [4.78, 5) is 11.1. The fourth-order valence-electron chi connectivity index (χ4n) is 1.86. The van der Waals surface area contributed by atoms with Gasteiger partial charge in [0.05, 0.1) is 5.56 Å². The van der Waals surface area contributed by atoms with Gasteiger partial charge in [-0.3, -0.25) is 0 Å². The van der Waals surface area contributed by atoms with Crippen LogP contribution in [0.15, 0.2) is 46.9 Å². The van der Waals surface area contributed by atoms with E-state index in [2.05, 4.69) is 21.2 Å². The molecule has 98 valence electrons. The van der Waals surface area contributed by atoms with Gasteiger partial charge in [-0.15, -0.1) is 0 Å². The van der Waals surface area contributed by atoms with Crippen LogP contribution in [-0.4, -0.2) is 11.1 Å². The van der Waals surface area contributed by atoms with Gasteiger partial charge in [-0.05, 0) is 46.1 Å². The molecule has 19 heavy (non-hydrogen) atoms. The van der Waals surface area contributed by atoms with Gasteiger partial charge in [0, 0.05) is 16.7 Å². The number of anilines is 1. The molecule has 0 radical (unpaired) electrons. The van der Waals surface area contributed by atoms with E-state index in [4.69, 9.17) is 5.11 Å². The maximum Gasteiger partial charge on any atom is 0.336 e. The average Bonchev–Trinajstić information content (AvgIpc) is 2.40. The maximum atomic E-state index is 11.1. The largest absolute Gasteiger partial charge is 0.478 e. The number of carboxylic acids is 1. The third kappa shape index (κ3) is 3.15. The summed E-state index contributed by atoms with van der Waals surface area (Å²) in [6.07, 6.45) is 0. The number of halogens is 1. The Kier molecular flexibility index (Phi) is 4.22. The second-order valence-electron chi connectivity index (χ2n) is 4.25. The highest BCUT2D eigenvalue weighted by molar-refractivity contribution is 9.10. The number of carbonyl (C=O) groups is 1. The molecule has 0 aliphatic heterocycles. The van der Waals surface area contributed by atoms with Crippen molar-refractivity contribution in [3.05, 3.63) is 63.6 Å². The normalized spacial score (nSPS) is 10.2. The number of hydrogen-bond acceptors (Lipinski definition) is 2. The summed E-state index contributed by atoms with van der Waals surface area (Å²) < 4.78 is 1.00. The molecule has 0 unspecified atom stereocenters. The van der Waals surface area contributed by atoms with Crippen LogP contribution in [0, 0.1) is 6.92 Å². The zero-order valence-corrected chi connectivity index (χ0v) is 12.1. The average molecular weight is 320 g/mol. The molecule has 4 heteroatoms. The molecule has 0 heterocycles. The number of hydrogen-bond donors (Lipinski definition) is 2. The van der Waals surface area contributed by atoms with Crippen molar-refractivity contribution >= 4 is 27.6 Å². The monoisotopic (exact) mass is 319 g/mol. The predicted molar refractivity (Wildman–Crippen MR) is 79.6 cm³/mol. The Morgan fingerprint density at radius 1 is 1.21 bits per heavy atom. The van der Waals surface area contributed by atoms with Gasteiger partial charge in [0.15, 0.2) is 0 Å². The highest BCUT2D eigenvalue weighted by Crippen LogP contribution is 2.26. The molecular weight excluding hydrogens is 306 g/mol. The van der Waals surface area contributed by atoms with Gasteiger partial charge in [-0.2, -0.15) is 0 Å². The number of benzene rings is 2. The SMILES string of the molecule is Cc1cccc(NCc2ccccc2C(=O)O)c1Br. The Balaban J connectivity index is 2.19. The Morgan fingerprint density at radius 2 is 1.95 bits per heavy atom. The number of rotatable bonds is 4. The van der Waals surface area contributed by atoms with E-state index in [-0.39, 0.29) is 0 Å². The third-order valence-electron chi connectivity index (χ3n) is 2.91. The summed E-state index contributed by atoms with van der Waals surface area (Å²) >= 11 is 3.52. The minimum atomic E-state index is -0.902. The number of carboxylic acid groups (broad SMARTS) is 1. The molecule has 0 saturated carbocycles. The number of aryl methyl sites for hydroxylation is 1. The summed E-state index contributed by atoms with van der Waals surface area (Å²) in [5.74, 6) is -0.902. The molecule has 0 saturated heterocycles. The minimum Gasteiger partial charge on any atom is -0.478 e. The second-order valence-corrected chi connectivity index (χ2v) is 5.05. The highest BCUT2D eigenvalue weighted by atomic mass is 79.9. The van der Waals surface area contributed by atoms with Crippen LogP contribution >= 0.6 is 15.9 Å². The van der Waals surface area contributed by atoms with Crippen molar-refractivity contribution in [3.63, 3.8) is 0 Å². The lowest BCUT2D eigenvalue weighted by atomic mass is 10.1. The van der Waals surface area contributed by atoms with E-state index >= 15 is 0 Å². The molecule has 0 bridgehead atoms. The van der Waals surface area contributed by atoms with E-state index in [0.717, 1.165) is 21.3 Å². The molecular formula is C15H14BrNO2. The van der Waals surface area contributed by atoms with Crippen molar-refractivity contribution < 1.29 is 9.90 Å². The topological polar surface area (TPSA) is 49.3 Å². The molecule has 2 N–H and O–H groups in total. The quantitative estimate of drug-likeness (QED) is 0.893. The van der Waals surface area contributed by atoms with Gasteiger partial charge < -0.3 is 10.4 Å². The van der Waals surface area contributed by atoms with E-state index < -0.39 is 5.97 Å². The summed E-state index contributed by atoms with van der Waals surface area (Å²) in [6, 6.07) is 12.9. The van der Waals surface area contributed by atoms with Crippen LogP contribution < -0.4 is 5.32 Å². The molecule has 3 nitrogen and oxygen atoms in total. The third-order valence-corrected chi connectivity index (χ3v) is 3.96. The number of aromatic carboxylic acids is 1. The molecule has 0 aromatic heterocycles. The van der Waals surface area contributed by atoms with Crippen LogP contribution in [0.3, 0.4) is 0 Å². The lowest BCUT2D eigenvalue weighted by molar-refractivity contribution is 0.0696. The van der Waals surface area contributed by atoms with E-state index in [1.54, 1.807) is 12.1 Å². The first kappa shape index (κ1) is 13.6. The fraction of sp³-hybridized carbons (Fsp3) is 0.133. The van der Waals surface area contributed by atoms with E-state index in [9.17, 15) is 4.79 Å². The van der Waals surface area contributed by atoms with Crippen molar-refractivity contribution in [2.24, 2.45) is 0 Å². The van der Waals surface area contributed by atoms with Gasteiger partial charge >= 0.3 is 5.97 Å². The molecule has 0 spiro atoms. The Hall–Kier alpha value is -1.81. The Morgan fingerprint density at radius 3 is 2.68 bits per heavy atom. The first-order valence-electron chi connectivity index (χ1n) is 5.90. The van der Waals surface area contributed by atoms with Gasteiger partial charge in [-0.25, -0.2) is 4.79 Å². The van der Waals surface area contributed by atoms with Crippen molar-refractivity contribution in [1.29, 1.82) is 0 Å². The summed E-state index contributed by atoms with van der Waals surface area (Å²) in [5.41, 5.74) is 3.19.